The summed E-state index contributed by atoms with van der Waals surface area (Å²) in [5, 5.41) is 3.82. The first-order valence-electron chi connectivity index (χ1n) is 6.83. The third kappa shape index (κ3) is 4.63. The summed E-state index contributed by atoms with van der Waals surface area (Å²) in [4.78, 5) is 10.8. The number of nitrogens with one attached hydrogen (secondary N) is 1. The molecule has 0 radical (unpaired) electrons. The first-order valence-corrected chi connectivity index (χ1v) is 6.83. The molecule has 0 fully saturated rings. The molecule has 0 spiro atoms. The van der Waals surface area contributed by atoms with Crippen LogP contribution in [0.3, 0.4) is 0 Å². The van der Waals surface area contributed by atoms with Gasteiger partial charge < -0.3 is 9.47 Å². The molecule has 114 valence electrons. The van der Waals surface area contributed by atoms with Gasteiger partial charge in [-0.3, -0.25) is 4.79 Å². The highest BCUT2D eigenvalue weighted by Crippen LogP contribution is 2.28. The van der Waals surface area contributed by atoms with Crippen LogP contribution in [0.25, 0.3) is 0 Å². The van der Waals surface area contributed by atoms with Crippen molar-refractivity contribution in [3.8, 4) is 11.5 Å². The lowest BCUT2D eigenvalue weighted by Crippen LogP contribution is -2.12. The molecular formula is C17H18N2O3. The van der Waals surface area contributed by atoms with Crippen LogP contribution in [-0.4, -0.2) is 19.2 Å². The van der Waals surface area contributed by atoms with Crippen molar-refractivity contribution < 1.29 is 14.3 Å². The fourth-order valence-electron chi connectivity index (χ4n) is 1.82. The first-order chi connectivity index (χ1) is 10.7. The maximum atomic E-state index is 10.8. The lowest BCUT2D eigenvalue weighted by atomic mass is 10.2. The summed E-state index contributed by atoms with van der Waals surface area (Å²) in [7, 11) is 1.58. The van der Waals surface area contributed by atoms with E-state index in [9.17, 15) is 4.79 Å². The molecule has 0 heterocycles. The maximum absolute atomic E-state index is 10.8. The molecule has 22 heavy (non-hydrogen) atoms. The van der Waals surface area contributed by atoms with Crippen molar-refractivity contribution in [1.82, 2.24) is 5.43 Å². The average molecular weight is 298 g/mol. The standard InChI is InChI=1S/C17H18N2O3/c1-13(20)19-18-11-15-8-9-16(17(10-15)21-2)22-12-14-6-4-3-5-7-14/h3-11H,12H2,1-2H3,(H,19,20)/b18-11-. The van der Waals surface area contributed by atoms with Crippen LogP contribution in [0.15, 0.2) is 53.6 Å². The zero-order valence-electron chi connectivity index (χ0n) is 12.6. The Balaban J connectivity index is 2.05. The third-order valence-electron chi connectivity index (χ3n) is 2.86. The summed E-state index contributed by atoms with van der Waals surface area (Å²) in [6.45, 7) is 1.87. The molecule has 0 aliphatic heterocycles. The summed E-state index contributed by atoms with van der Waals surface area (Å²) >= 11 is 0. The van der Waals surface area contributed by atoms with Gasteiger partial charge >= 0.3 is 0 Å². The minimum atomic E-state index is -0.217. The summed E-state index contributed by atoms with van der Waals surface area (Å²) in [5.41, 5.74) is 4.24. The smallest absolute Gasteiger partial charge is 0.236 e. The van der Waals surface area contributed by atoms with E-state index in [1.165, 1.54) is 6.92 Å². The van der Waals surface area contributed by atoms with Crippen molar-refractivity contribution in [1.29, 1.82) is 0 Å². The number of ether oxygens (including phenoxy) is 2. The molecule has 0 saturated heterocycles. The Morgan fingerprint density at radius 1 is 1.18 bits per heavy atom. The largest absolute Gasteiger partial charge is 0.493 e. The van der Waals surface area contributed by atoms with Gasteiger partial charge in [0.25, 0.3) is 0 Å². The number of carbonyl (C=O) groups is 1. The third-order valence-corrected chi connectivity index (χ3v) is 2.86. The van der Waals surface area contributed by atoms with Gasteiger partial charge in [0.05, 0.1) is 13.3 Å². The van der Waals surface area contributed by atoms with Gasteiger partial charge in [0, 0.05) is 6.92 Å². The highest BCUT2D eigenvalue weighted by Gasteiger charge is 2.05. The highest BCUT2D eigenvalue weighted by molar-refractivity contribution is 5.82. The summed E-state index contributed by atoms with van der Waals surface area (Å²) in [6.07, 6.45) is 1.55. The number of amides is 1. The van der Waals surface area contributed by atoms with E-state index in [2.05, 4.69) is 10.5 Å². The van der Waals surface area contributed by atoms with Crippen LogP contribution in [0.1, 0.15) is 18.1 Å². The molecule has 0 atom stereocenters. The van der Waals surface area contributed by atoms with Crippen molar-refractivity contribution in [3.63, 3.8) is 0 Å². The predicted molar refractivity (Wildman–Crippen MR) is 85.2 cm³/mol. The Bertz CT molecular complexity index is 654. The fourth-order valence-corrected chi connectivity index (χ4v) is 1.82. The highest BCUT2D eigenvalue weighted by atomic mass is 16.5. The number of hydrogen-bond acceptors (Lipinski definition) is 4. The summed E-state index contributed by atoms with van der Waals surface area (Å²) < 4.78 is 11.1. The molecule has 2 rings (SSSR count). The van der Waals surface area contributed by atoms with Gasteiger partial charge in [0.2, 0.25) is 5.91 Å². The lowest BCUT2D eigenvalue weighted by molar-refractivity contribution is -0.118. The molecule has 0 bridgehead atoms. The van der Waals surface area contributed by atoms with Gasteiger partial charge in [-0.1, -0.05) is 30.3 Å². The Labute approximate surface area is 129 Å². The molecule has 0 aromatic heterocycles. The van der Waals surface area contributed by atoms with Crippen LogP contribution < -0.4 is 14.9 Å². The summed E-state index contributed by atoms with van der Waals surface area (Å²) in [5.74, 6) is 1.05. The number of benzene rings is 2. The van der Waals surface area contributed by atoms with E-state index in [0.29, 0.717) is 18.1 Å². The van der Waals surface area contributed by atoms with Gasteiger partial charge in [-0.25, -0.2) is 5.43 Å². The van der Waals surface area contributed by atoms with E-state index in [1.54, 1.807) is 19.4 Å². The van der Waals surface area contributed by atoms with Crippen LogP contribution in [0.4, 0.5) is 0 Å². The quantitative estimate of drug-likeness (QED) is 0.659. The zero-order chi connectivity index (χ0) is 15.8. The van der Waals surface area contributed by atoms with E-state index in [0.717, 1.165) is 11.1 Å². The van der Waals surface area contributed by atoms with Crippen molar-refractivity contribution in [2.75, 3.05) is 7.11 Å². The van der Waals surface area contributed by atoms with Crippen LogP contribution in [0.2, 0.25) is 0 Å². The molecule has 0 aliphatic carbocycles. The lowest BCUT2D eigenvalue weighted by Gasteiger charge is -2.11. The molecule has 2 aromatic carbocycles. The van der Waals surface area contributed by atoms with Crippen molar-refractivity contribution in [2.45, 2.75) is 13.5 Å². The number of nitrogens with zero attached hydrogens (tertiary/aromatic N) is 1. The monoisotopic (exact) mass is 298 g/mol. The van der Waals surface area contributed by atoms with Gasteiger partial charge in [-0.05, 0) is 29.3 Å². The Hall–Kier alpha value is -2.82. The first kappa shape index (κ1) is 15.6. The number of rotatable bonds is 6. The van der Waals surface area contributed by atoms with Crippen LogP contribution in [0, 0.1) is 0 Å². The second-order valence-electron chi connectivity index (χ2n) is 4.61. The van der Waals surface area contributed by atoms with E-state index in [1.807, 2.05) is 42.5 Å². The Morgan fingerprint density at radius 2 is 1.95 bits per heavy atom. The molecule has 2 aromatic rings. The van der Waals surface area contributed by atoms with Gasteiger partial charge in [0.1, 0.15) is 6.61 Å². The van der Waals surface area contributed by atoms with Gasteiger partial charge in [-0.15, -0.1) is 0 Å². The molecule has 5 heteroatoms. The average Bonchev–Trinajstić information content (AvgIpc) is 2.54. The second-order valence-corrected chi connectivity index (χ2v) is 4.61. The number of carbonyl (C=O) groups excluding carboxylic acids is 1. The second kappa shape index (κ2) is 7.83. The minimum absolute atomic E-state index is 0.217. The molecule has 0 aliphatic rings. The van der Waals surface area contributed by atoms with Crippen LogP contribution in [-0.2, 0) is 11.4 Å². The van der Waals surface area contributed by atoms with Crippen molar-refractivity contribution in [2.24, 2.45) is 5.10 Å². The molecule has 5 nitrogen and oxygen atoms in total. The molecular weight excluding hydrogens is 280 g/mol. The predicted octanol–water partition coefficient (Wildman–Crippen LogP) is 2.74. The molecule has 0 saturated carbocycles. The van der Waals surface area contributed by atoms with E-state index in [-0.39, 0.29) is 5.91 Å². The van der Waals surface area contributed by atoms with Crippen molar-refractivity contribution in [3.05, 3.63) is 59.7 Å². The molecule has 1 amide bonds. The summed E-state index contributed by atoms with van der Waals surface area (Å²) in [6, 6.07) is 15.4. The van der Waals surface area contributed by atoms with Crippen molar-refractivity contribution >= 4 is 12.1 Å². The Kier molecular flexibility index (Phi) is 5.54. The number of hydrazone groups is 1. The Morgan fingerprint density at radius 3 is 2.64 bits per heavy atom. The van der Waals surface area contributed by atoms with E-state index < -0.39 is 0 Å². The fraction of sp³-hybridized carbons (Fsp3) is 0.176. The number of hydrogen-bond donors (Lipinski definition) is 1. The zero-order valence-corrected chi connectivity index (χ0v) is 12.6. The SMILES string of the molecule is COc1cc(/C=N\NC(C)=O)ccc1OCc1ccccc1. The maximum Gasteiger partial charge on any atom is 0.236 e. The normalized spacial score (nSPS) is 10.5. The van der Waals surface area contributed by atoms with Gasteiger partial charge in [-0.2, -0.15) is 5.10 Å². The molecule has 0 unspecified atom stereocenters. The molecule has 1 N–H and O–H groups in total. The van der Waals surface area contributed by atoms with Crippen LogP contribution in [0.5, 0.6) is 11.5 Å². The van der Waals surface area contributed by atoms with Gasteiger partial charge in [0.15, 0.2) is 11.5 Å². The topological polar surface area (TPSA) is 59.9 Å². The van der Waals surface area contributed by atoms with E-state index in [4.69, 9.17) is 9.47 Å². The number of methoxy groups -OCH3 is 1. The van der Waals surface area contributed by atoms with E-state index >= 15 is 0 Å². The minimum Gasteiger partial charge on any atom is -0.493 e. The van der Waals surface area contributed by atoms with Crippen LogP contribution >= 0.6 is 0 Å².